The smallest absolute Gasteiger partial charge is 0.134 e. The number of rotatable bonds is 9. The van der Waals surface area contributed by atoms with Gasteiger partial charge in [-0.05, 0) is 18.1 Å². The first-order valence-electron chi connectivity index (χ1n) is 6.75. The Kier molecular flexibility index (Phi) is 7.23. The van der Waals surface area contributed by atoms with E-state index in [1.165, 1.54) is 0 Å². The predicted octanol–water partition coefficient (Wildman–Crippen LogP) is 2.81. The van der Waals surface area contributed by atoms with Crippen molar-refractivity contribution in [1.29, 1.82) is 0 Å². The normalized spacial score (nSPS) is 12.4. The molecule has 1 atom stereocenters. The lowest BCUT2D eigenvalue weighted by molar-refractivity contribution is 0.0788. The molecular weight excluding hydrogens is 238 g/mol. The number of methoxy groups -OCH3 is 1. The van der Waals surface area contributed by atoms with Crippen LogP contribution in [-0.2, 0) is 11.2 Å². The molecule has 0 aliphatic heterocycles. The highest BCUT2D eigenvalue weighted by atomic mass is 16.5. The van der Waals surface area contributed by atoms with Gasteiger partial charge in [-0.3, -0.25) is 0 Å². The zero-order chi connectivity index (χ0) is 14.1. The van der Waals surface area contributed by atoms with Crippen LogP contribution >= 0.6 is 0 Å². The molecule has 0 heterocycles. The molecule has 1 rings (SSSR count). The summed E-state index contributed by atoms with van der Waals surface area (Å²) in [5.41, 5.74) is 1.16. The van der Waals surface area contributed by atoms with E-state index in [0.717, 1.165) is 24.3 Å². The summed E-state index contributed by atoms with van der Waals surface area (Å²) in [6, 6.07) is 8.50. The zero-order valence-corrected chi connectivity index (χ0v) is 12.2. The van der Waals surface area contributed by atoms with Crippen molar-refractivity contribution >= 4 is 0 Å². The Hall–Kier alpha value is -1.32. The van der Waals surface area contributed by atoms with Gasteiger partial charge in [0, 0.05) is 19.7 Å². The van der Waals surface area contributed by atoms with Crippen LogP contribution in [0.1, 0.15) is 19.4 Å². The number of hydrogen-bond donors (Lipinski definition) is 1. The summed E-state index contributed by atoms with van der Waals surface area (Å²) in [5, 5.41) is 3.38. The van der Waals surface area contributed by atoms with Crippen LogP contribution in [0.15, 0.2) is 36.9 Å². The van der Waals surface area contributed by atoms with E-state index in [9.17, 15) is 0 Å². The van der Waals surface area contributed by atoms with Crippen LogP contribution in [0.4, 0.5) is 0 Å². The van der Waals surface area contributed by atoms with Gasteiger partial charge in [-0.1, -0.05) is 38.1 Å². The Morgan fingerprint density at radius 1 is 1.32 bits per heavy atom. The summed E-state index contributed by atoms with van der Waals surface area (Å²) < 4.78 is 11.3. The van der Waals surface area contributed by atoms with E-state index >= 15 is 0 Å². The molecule has 0 saturated carbocycles. The van der Waals surface area contributed by atoms with E-state index < -0.39 is 0 Å². The van der Waals surface area contributed by atoms with Gasteiger partial charge >= 0.3 is 0 Å². The van der Waals surface area contributed by atoms with Crippen LogP contribution in [0.5, 0.6) is 5.75 Å². The van der Waals surface area contributed by atoms with Crippen molar-refractivity contribution in [2.24, 2.45) is 0 Å². The number of allylic oxidation sites excluding steroid dienone is 1. The van der Waals surface area contributed by atoms with Gasteiger partial charge in [-0.2, -0.15) is 0 Å². The van der Waals surface area contributed by atoms with Crippen molar-refractivity contribution in [2.45, 2.75) is 32.4 Å². The van der Waals surface area contributed by atoms with Gasteiger partial charge in [0.25, 0.3) is 0 Å². The van der Waals surface area contributed by atoms with Crippen molar-refractivity contribution in [2.75, 3.05) is 20.3 Å². The molecule has 1 aromatic carbocycles. The van der Waals surface area contributed by atoms with E-state index in [4.69, 9.17) is 9.47 Å². The van der Waals surface area contributed by atoms with Crippen molar-refractivity contribution < 1.29 is 9.47 Å². The maximum absolute atomic E-state index is 6.05. The van der Waals surface area contributed by atoms with E-state index in [0.29, 0.717) is 12.6 Å². The Balaban J connectivity index is 2.69. The Labute approximate surface area is 116 Å². The van der Waals surface area contributed by atoms with Gasteiger partial charge in [0.1, 0.15) is 11.9 Å². The lowest BCUT2D eigenvalue weighted by Gasteiger charge is -2.21. The molecule has 19 heavy (non-hydrogen) atoms. The minimum Gasteiger partial charge on any atom is -0.486 e. The largest absolute Gasteiger partial charge is 0.486 e. The topological polar surface area (TPSA) is 30.5 Å². The Morgan fingerprint density at radius 3 is 2.68 bits per heavy atom. The molecule has 106 valence electrons. The molecule has 1 unspecified atom stereocenters. The van der Waals surface area contributed by atoms with E-state index in [-0.39, 0.29) is 6.10 Å². The third kappa shape index (κ3) is 5.90. The van der Waals surface area contributed by atoms with Crippen molar-refractivity contribution in [1.82, 2.24) is 5.32 Å². The summed E-state index contributed by atoms with van der Waals surface area (Å²) in [6.07, 6.45) is 2.71. The zero-order valence-electron chi connectivity index (χ0n) is 12.2. The van der Waals surface area contributed by atoms with Crippen molar-refractivity contribution in [3.8, 4) is 5.75 Å². The minimum atomic E-state index is 0.0124. The first-order chi connectivity index (χ1) is 9.17. The second kappa shape index (κ2) is 8.73. The first kappa shape index (κ1) is 15.7. The average Bonchev–Trinajstić information content (AvgIpc) is 2.38. The summed E-state index contributed by atoms with van der Waals surface area (Å²) in [6.45, 7) is 9.36. The second-order valence-electron chi connectivity index (χ2n) is 4.86. The lowest BCUT2D eigenvalue weighted by Crippen LogP contribution is -2.38. The van der Waals surface area contributed by atoms with Crippen molar-refractivity contribution in [3.05, 3.63) is 42.5 Å². The summed E-state index contributed by atoms with van der Waals surface area (Å²) in [4.78, 5) is 0. The van der Waals surface area contributed by atoms with E-state index in [2.05, 4.69) is 31.8 Å². The molecule has 0 amide bonds. The highest BCUT2D eigenvalue weighted by Crippen LogP contribution is 2.20. The molecule has 0 aromatic heterocycles. The van der Waals surface area contributed by atoms with Crippen LogP contribution in [0, 0.1) is 0 Å². The van der Waals surface area contributed by atoms with Gasteiger partial charge in [0.05, 0.1) is 6.61 Å². The molecule has 0 saturated heterocycles. The van der Waals surface area contributed by atoms with Crippen LogP contribution in [0.3, 0.4) is 0 Å². The molecule has 0 aliphatic rings. The molecule has 1 N–H and O–H groups in total. The maximum Gasteiger partial charge on any atom is 0.134 e. The van der Waals surface area contributed by atoms with Crippen molar-refractivity contribution in [3.63, 3.8) is 0 Å². The average molecular weight is 263 g/mol. The predicted molar refractivity (Wildman–Crippen MR) is 79.8 cm³/mol. The second-order valence-corrected chi connectivity index (χ2v) is 4.86. The number of ether oxygens (including phenoxy) is 2. The number of benzene rings is 1. The van der Waals surface area contributed by atoms with Crippen LogP contribution < -0.4 is 10.1 Å². The molecule has 3 nitrogen and oxygen atoms in total. The summed E-state index contributed by atoms with van der Waals surface area (Å²) in [5.74, 6) is 0.912. The molecular formula is C16H25NO2. The standard InChI is InChI=1S/C16H25NO2/c1-5-8-14-9-6-7-10-16(14)19-15(12-18-4)11-17-13(2)3/h5-7,9-10,13,15,17H,1,8,11-12H2,2-4H3. The first-order valence-corrected chi connectivity index (χ1v) is 6.75. The SMILES string of the molecule is C=CCc1ccccc1OC(CNC(C)C)COC. The molecule has 1 aromatic rings. The van der Waals surface area contributed by atoms with E-state index in [1.807, 2.05) is 24.3 Å². The molecule has 0 radical (unpaired) electrons. The van der Waals surface area contributed by atoms with E-state index in [1.54, 1.807) is 7.11 Å². The highest BCUT2D eigenvalue weighted by molar-refractivity contribution is 5.34. The highest BCUT2D eigenvalue weighted by Gasteiger charge is 2.12. The Bertz CT molecular complexity index is 377. The molecule has 3 heteroatoms. The van der Waals surface area contributed by atoms with Crippen LogP contribution in [0.2, 0.25) is 0 Å². The summed E-state index contributed by atoms with van der Waals surface area (Å²) in [7, 11) is 1.70. The Morgan fingerprint density at radius 2 is 2.05 bits per heavy atom. The maximum atomic E-state index is 6.05. The van der Waals surface area contributed by atoms with Crippen LogP contribution in [-0.4, -0.2) is 32.4 Å². The molecule has 0 aliphatic carbocycles. The van der Waals surface area contributed by atoms with Gasteiger partial charge in [0.15, 0.2) is 0 Å². The molecule has 0 fully saturated rings. The molecule has 0 bridgehead atoms. The van der Waals surface area contributed by atoms with Gasteiger partial charge in [-0.15, -0.1) is 6.58 Å². The number of para-hydroxylation sites is 1. The molecule has 0 spiro atoms. The fourth-order valence-electron chi connectivity index (χ4n) is 1.81. The number of nitrogens with one attached hydrogen (secondary N) is 1. The van der Waals surface area contributed by atoms with Gasteiger partial charge in [-0.25, -0.2) is 0 Å². The fraction of sp³-hybridized carbons (Fsp3) is 0.500. The summed E-state index contributed by atoms with van der Waals surface area (Å²) >= 11 is 0. The fourth-order valence-corrected chi connectivity index (χ4v) is 1.81. The van der Waals surface area contributed by atoms with Gasteiger partial charge < -0.3 is 14.8 Å². The number of hydrogen-bond acceptors (Lipinski definition) is 3. The third-order valence-electron chi connectivity index (χ3n) is 2.74. The van der Waals surface area contributed by atoms with Gasteiger partial charge in [0.2, 0.25) is 0 Å². The minimum absolute atomic E-state index is 0.0124. The third-order valence-corrected chi connectivity index (χ3v) is 2.74. The van der Waals surface area contributed by atoms with Crippen LogP contribution in [0.25, 0.3) is 0 Å². The lowest BCUT2D eigenvalue weighted by atomic mass is 10.1. The monoisotopic (exact) mass is 263 g/mol. The quantitative estimate of drug-likeness (QED) is 0.695.